The maximum atomic E-state index is 5.87. The number of nitrogens with one attached hydrogen (secondary N) is 1. The molecule has 0 saturated carbocycles. The average Bonchev–Trinajstić information content (AvgIpc) is 2.60. The van der Waals surface area contributed by atoms with Crippen LogP contribution in [-0.4, -0.2) is 6.54 Å². The van der Waals surface area contributed by atoms with Crippen LogP contribution in [0.5, 0.6) is 0 Å². The zero-order chi connectivity index (χ0) is 10.6. The van der Waals surface area contributed by atoms with Crippen LogP contribution in [0.3, 0.4) is 0 Å². The third-order valence-corrected chi connectivity index (χ3v) is 3.59. The lowest BCUT2D eigenvalue weighted by atomic mass is 10.2. The van der Waals surface area contributed by atoms with Gasteiger partial charge in [-0.2, -0.15) is 0 Å². The van der Waals surface area contributed by atoms with Gasteiger partial charge in [-0.25, -0.2) is 0 Å². The van der Waals surface area contributed by atoms with Crippen molar-refractivity contribution in [3.8, 4) is 0 Å². The lowest BCUT2D eigenvalue weighted by molar-refractivity contribution is 0.611. The van der Waals surface area contributed by atoms with Gasteiger partial charge in [0.25, 0.3) is 0 Å². The molecule has 0 aliphatic heterocycles. The van der Waals surface area contributed by atoms with Gasteiger partial charge in [0.1, 0.15) is 0 Å². The quantitative estimate of drug-likeness (QED) is 0.753. The summed E-state index contributed by atoms with van der Waals surface area (Å²) in [6.07, 6.45) is 1.03. The molecule has 14 heavy (non-hydrogen) atoms. The maximum absolute atomic E-state index is 5.87. The molecule has 1 heterocycles. The number of hydrogen-bond acceptors (Lipinski definition) is 2. The average molecular weight is 230 g/mol. The highest BCUT2D eigenvalue weighted by Crippen LogP contribution is 2.26. The Bertz CT molecular complexity index is 306. The summed E-state index contributed by atoms with van der Waals surface area (Å²) in [4.78, 5) is 1.28. The molecule has 0 aliphatic carbocycles. The Labute approximate surface area is 94.8 Å². The molecule has 1 aromatic rings. The Kier molecular flexibility index (Phi) is 4.66. The van der Waals surface area contributed by atoms with E-state index in [4.69, 9.17) is 11.6 Å². The molecule has 0 saturated heterocycles. The van der Waals surface area contributed by atoms with Crippen LogP contribution in [0.25, 0.3) is 0 Å². The first-order valence-corrected chi connectivity index (χ1v) is 5.98. The fourth-order valence-corrected chi connectivity index (χ4v) is 2.17. The molecule has 1 nitrogen and oxygen atoms in total. The summed E-state index contributed by atoms with van der Waals surface area (Å²) in [7, 11) is 0. The summed E-state index contributed by atoms with van der Waals surface area (Å²) in [6, 6.07) is 4.36. The summed E-state index contributed by atoms with van der Waals surface area (Å²) >= 11 is 7.50. The first kappa shape index (κ1) is 11.8. The van der Waals surface area contributed by atoms with Gasteiger partial charge in [-0.05, 0) is 25.5 Å². The van der Waals surface area contributed by atoms with Gasteiger partial charge in [-0.1, -0.05) is 30.7 Å². The molecule has 0 radical (unpaired) electrons. The van der Waals surface area contributed by atoms with Crippen molar-refractivity contribution < 1.29 is 0 Å². The Morgan fingerprint density at radius 1 is 1.64 bits per heavy atom. The van der Waals surface area contributed by atoms with Crippen LogP contribution in [0.15, 0.2) is 24.3 Å². The molecule has 1 atom stereocenters. The van der Waals surface area contributed by atoms with Crippen molar-refractivity contribution in [2.45, 2.75) is 26.3 Å². The van der Waals surface area contributed by atoms with Crippen molar-refractivity contribution >= 4 is 22.9 Å². The molecule has 1 N–H and O–H groups in total. The van der Waals surface area contributed by atoms with Gasteiger partial charge in [0.2, 0.25) is 0 Å². The minimum Gasteiger partial charge on any atom is -0.306 e. The SMILES string of the molecule is C=C(CC)CNC(C)c1ccc(Cl)s1. The lowest BCUT2D eigenvalue weighted by Crippen LogP contribution is -2.19. The molecule has 0 amide bonds. The molecule has 1 rings (SSSR count). The molecule has 0 spiro atoms. The van der Waals surface area contributed by atoms with Crippen LogP contribution in [0.2, 0.25) is 4.34 Å². The standard InChI is InChI=1S/C11H16ClNS/c1-4-8(2)7-13-9(3)10-5-6-11(12)14-10/h5-6,9,13H,2,4,7H2,1,3H3. The highest BCUT2D eigenvalue weighted by molar-refractivity contribution is 7.16. The van der Waals surface area contributed by atoms with E-state index in [1.165, 1.54) is 10.5 Å². The van der Waals surface area contributed by atoms with Gasteiger partial charge in [0, 0.05) is 17.5 Å². The summed E-state index contributed by atoms with van der Waals surface area (Å²) in [6.45, 7) is 9.11. The second-order valence-electron chi connectivity index (χ2n) is 3.35. The van der Waals surface area contributed by atoms with E-state index in [0.29, 0.717) is 6.04 Å². The van der Waals surface area contributed by atoms with Crippen LogP contribution >= 0.6 is 22.9 Å². The Morgan fingerprint density at radius 3 is 2.86 bits per heavy atom. The van der Waals surface area contributed by atoms with Gasteiger partial charge >= 0.3 is 0 Å². The molecule has 78 valence electrons. The largest absolute Gasteiger partial charge is 0.306 e. The normalized spacial score (nSPS) is 12.8. The van der Waals surface area contributed by atoms with E-state index in [1.54, 1.807) is 11.3 Å². The Morgan fingerprint density at radius 2 is 2.36 bits per heavy atom. The molecular formula is C11H16ClNS. The fourth-order valence-electron chi connectivity index (χ4n) is 1.08. The zero-order valence-corrected chi connectivity index (χ0v) is 10.2. The molecule has 3 heteroatoms. The molecule has 1 aromatic heterocycles. The van der Waals surface area contributed by atoms with Crippen molar-refractivity contribution in [3.05, 3.63) is 33.5 Å². The summed E-state index contributed by atoms with van der Waals surface area (Å²) < 4.78 is 0.850. The van der Waals surface area contributed by atoms with Crippen LogP contribution in [0.4, 0.5) is 0 Å². The summed E-state index contributed by atoms with van der Waals surface area (Å²) in [5, 5.41) is 3.42. The van der Waals surface area contributed by atoms with E-state index in [-0.39, 0.29) is 0 Å². The van der Waals surface area contributed by atoms with E-state index in [2.05, 4.69) is 31.8 Å². The van der Waals surface area contributed by atoms with Gasteiger partial charge < -0.3 is 5.32 Å². The predicted octanol–water partition coefficient (Wildman–Crippen LogP) is 4.02. The molecule has 1 unspecified atom stereocenters. The fraction of sp³-hybridized carbons (Fsp3) is 0.455. The topological polar surface area (TPSA) is 12.0 Å². The second kappa shape index (κ2) is 5.54. The van der Waals surface area contributed by atoms with E-state index in [0.717, 1.165) is 17.3 Å². The minimum atomic E-state index is 0.357. The van der Waals surface area contributed by atoms with Gasteiger partial charge in [-0.3, -0.25) is 0 Å². The van der Waals surface area contributed by atoms with Crippen LogP contribution in [0.1, 0.15) is 31.2 Å². The molecule has 0 fully saturated rings. The maximum Gasteiger partial charge on any atom is 0.0931 e. The zero-order valence-electron chi connectivity index (χ0n) is 8.64. The Balaban J connectivity index is 2.42. The monoisotopic (exact) mass is 229 g/mol. The second-order valence-corrected chi connectivity index (χ2v) is 5.09. The molecule has 0 bridgehead atoms. The highest BCUT2D eigenvalue weighted by Gasteiger charge is 2.07. The molecular weight excluding hydrogens is 214 g/mol. The van der Waals surface area contributed by atoms with Crippen molar-refractivity contribution in [2.24, 2.45) is 0 Å². The van der Waals surface area contributed by atoms with E-state index >= 15 is 0 Å². The third kappa shape index (κ3) is 3.45. The van der Waals surface area contributed by atoms with Crippen LogP contribution in [0, 0.1) is 0 Å². The number of hydrogen-bond donors (Lipinski definition) is 1. The van der Waals surface area contributed by atoms with Crippen molar-refractivity contribution in [1.82, 2.24) is 5.32 Å². The van der Waals surface area contributed by atoms with E-state index < -0.39 is 0 Å². The first-order chi connectivity index (χ1) is 6.63. The number of rotatable bonds is 5. The lowest BCUT2D eigenvalue weighted by Gasteiger charge is -2.12. The van der Waals surface area contributed by atoms with Gasteiger partial charge in [-0.15, -0.1) is 11.3 Å². The minimum absolute atomic E-state index is 0.357. The molecule has 0 aromatic carbocycles. The van der Waals surface area contributed by atoms with Crippen molar-refractivity contribution in [2.75, 3.05) is 6.54 Å². The van der Waals surface area contributed by atoms with Crippen molar-refractivity contribution in [3.63, 3.8) is 0 Å². The predicted molar refractivity (Wildman–Crippen MR) is 65.2 cm³/mol. The van der Waals surface area contributed by atoms with Crippen LogP contribution < -0.4 is 5.32 Å². The Hall–Kier alpha value is -0.310. The van der Waals surface area contributed by atoms with E-state index in [1.807, 2.05) is 6.07 Å². The summed E-state index contributed by atoms with van der Waals surface area (Å²) in [5.41, 5.74) is 1.24. The smallest absolute Gasteiger partial charge is 0.0931 e. The number of halogens is 1. The van der Waals surface area contributed by atoms with E-state index in [9.17, 15) is 0 Å². The summed E-state index contributed by atoms with van der Waals surface area (Å²) in [5.74, 6) is 0. The third-order valence-electron chi connectivity index (χ3n) is 2.18. The van der Waals surface area contributed by atoms with Gasteiger partial charge in [0.15, 0.2) is 0 Å². The highest BCUT2D eigenvalue weighted by atomic mass is 35.5. The molecule has 0 aliphatic rings. The first-order valence-electron chi connectivity index (χ1n) is 4.78. The number of thiophene rings is 1. The van der Waals surface area contributed by atoms with Crippen molar-refractivity contribution in [1.29, 1.82) is 0 Å². The van der Waals surface area contributed by atoms with Crippen LogP contribution in [-0.2, 0) is 0 Å². The van der Waals surface area contributed by atoms with Gasteiger partial charge in [0.05, 0.1) is 4.34 Å².